The summed E-state index contributed by atoms with van der Waals surface area (Å²) in [5.74, 6) is 0.312. The first kappa shape index (κ1) is 10.5. The number of hydrogen-bond donors (Lipinski definition) is 0. The van der Waals surface area contributed by atoms with E-state index in [0.717, 1.165) is 35.9 Å². The average molecular weight is 225 g/mol. The first-order chi connectivity index (χ1) is 8.20. The highest BCUT2D eigenvalue weighted by Gasteiger charge is 2.47. The normalized spacial score (nSPS) is 17.0. The van der Waals surface area contributed by atoms with E-state index in [-0.39, 0.29) is 5.41 Å². The lowest BCUT2D eigenvalue weighted by molar-refractivity contribution is -0.122. The van der Waals surface area contributed by atoms with Crippen LogP contribution in [0.3, 0.4) is 0 Å². The molecule has 1 fully saturated rings. The molecule has 0 N–H and O–H groups in total. The number of carbonyl (C=O) groups excluding carboxylic acids is 1. The Balaban J connectivity index is 1.94. The summed E-state index contributed by atoms with van der Waals surface area (Å²) in [4.78, 5) is 16.2. The van der Waals surface area contributed by atoms with Gasteiger partial charge < -0.3 is 0 Å². The Morgan fingerprint density at radius 2 is 2.00 bits per heavy atom. The number of ketones is 1. The maximum absolute atomic E-state index is 11.6. The van der Waals surface area contributed by atoms with Gasteiger partial charge in [-0.15, -0.1) is 0 Å². The number of fused-ring (bicyclic) bond motifs is 1. The summed E-state index contributed by atoms with van der Waals surface area (Å²) in [6.45, 7) is 1.70. The van der Waals surface area contributed by atoms with Crippen molar-refractivity contribution in [1.29, 1.82) is 0 Å². The number of pyridine rings is 1. The number of para-hydroxylation sites is 1. The summed E-state index contributed by atoms with van der Waals surface area (Å²) in [5, 5.41) is 1.16. The zero-order valence-corrected chi connectivity index (χ0v) is 9.94. The number of nitrogens with zero attached hydrogens (tertiary/aromatic N) is 1. The van der Waals surface area contributed by atoms with Crippen LogP contribution in [0.2, 0.25) is 0 Å². The molecule has 0 aliphatic heterocycles. The van der Waals surface area contributed by atoms with Crippen LogP contribution in [-0.4, -0.2) is 10.8 Å². The Morgan fingerprint density at radius 1 is 1.24 bits per heavy atom. The number of aromatic nitrogens is 1. The van der Waals surface area contributed by atoms with E-state index in [1.165, 1.54) is 0 Å². The molecular formula is C15H15NO. The van der Waals surface area contributed by atoms with Crippen LogP contribution in [0.25, 0.3) is 10.9 Å². The third-order valence-corrected chi connectivity index (χ3v) is 3.78. The minimum atomic E-state index is -0.0878. The number of rotatable bonds is 3. The second-order valence-corrected chi connectivity index (χ2v) is 5.01. The highest BCUT2D eigenvalue weighted by atomic mass is 16.1. The zero-order chi connectivity index (χ0) is 11.9. The summed E-state index contributed by atoms with van der Waals surface area (Å²) in [6.07, 6.45) is 2.85. The Morgan fingerprint density at radius 3 is 2.71 bits per heavy atom. The minimum absolute atomic E-state index is 0.0878. The molecule has 86 valence electrons. The predicted octanol–water partition coefficient (Wildman–Crippen LogP) is 3.15. The molecular weight excluding hydrogens is 210 g/mol. The van der Waals surface area contributed by atoms with E-state index in [1.54, 1.807) is 6.92 Å². The van der Waals surface area contributed by atoms with E-state index in [4.69, 9.17) is 0 Å². The van der Waals surface area contributed by atoms with Gasteiger partial charge in [-0.3, -0.25) is 9.78 Å². The Labute approximate surface area is 101 Å². The van der Waals surface area contributed by atoms with Gasteiger partial charge in [-0.25, -0.2) is 0 Å². The van der Waals surface area contributed by atoms with Gasteiger partial charge in [0.2, 0.25) is 0 Å². The van der Waals surface area contributed by atoms with Crippen LogP contribution >= 0.6 is 0 Å². The van der Waals surface area contributed by atoms with Crippen molar-refractivity contribution in [3.8, 4) is 0 Å². The smallest absolute Gasteiger partial charge is 0.136 e. The molecule has 1 aliphatic rings. The first-order valence-electron chi connectivity index (χ1n) is 6.05. The minimum Gasteiger partial charge on any atom is -0.299 e. The fourth-order valence-corrected chi connectivity index (χ4v) is 2.36. The van der Waals surface area contributed by atoms with Gasteiger partial charge in [-0.2, -0.15) is 0 Å². The molecule has 2 heteroatoms. The van der Waals surface area contributed by atoms with Crippen LogP contribution in [-0.2, 0) is 11.2 Å². The molecule has 17 heavy (non-hydrogen) atoms. The lowest BCUT2D eigenvalue weighted by Crippen LogP contribution is -2.15. The van der Waals surface area contributed by atoms with Gasteiger partial charge in [0.15, 0.2) is 0 Å². The van der Waals surface area contributed by atoms with E-state index in [0.29, 0.717) is 5.78 Å². The second kappa shape index (κ2) is 3.66. The van der Waals surface area contributed by atoms with Crippen LogP contribution in [0, 0.1) is 5.41 Å². The molecule has 1 saturated carbocycles. The molecule has 2 nitrogen and oxygen atoms in total. The highest BCUT2D eigenvalue weighted by Crippen LogP contribution is 2.48. The molecule has 3 rings (SSSR count). The molecule has 0 amide bonds. The molecule has 0 atom stereocenters. The van der Waals surface area contributed by atoms with Crippen molar-refractivity contribution in [3.63, 3.8) is 0 Å². The Bertz CT molecular complexity index is 584. The Hall–Kier alpha value is -1.70. The molecule has 0 unspecified atom stereocenters. The third-order valence-electron chi connectivity index (χ3n) is 3.78. The largest absolute Gasteiger partial charge is 0.299 e. The van der Waals surface area contributed by atoms with E-state index in [2.05, 4.69) is 17.1 Å². The molecule has 0 spiro atoms. The third kappa shape index (κ3) is 1.84. The van der Waals surface area contributed by atoms with Crippen LogP contribution in [0.4, 0.5) is 0 Å². The van der Waals surface area contributed by atoms with Crippen molar-refractivity contribution in [2.24, 2.45) is 5.41 Å². The molecule has 1 aliphatic carbocycles. The van der Waals surface area contributed by atoms with Gasteiger partial charge in [0.1, 0.15) is 5.78 Å². The van der Waals surface area contributed by atoms with Crippen LogP contribution in [0.15, 0.2) is 36.4 Å². The van der Waals surface area contributed by atoms with Crippen molar-refractivity contribution in [3.05, 3.63) is 42.1 Å². The van der Waals surface area contributed by atoms with Crippen molar-refractivity contribution in [2.75, 3.05) is 0 Å². The van der Waals surface area contributed by atoms with E-state index in [9.17, 15) is 4.79 Å². The quantitative estimate of drug-likeness (QED) is 0.803. The summed E-state index contributed by atoms with van der Waals surface area (Å²) < 4.78 is 0. The maximum atomic E-state index is 11.6. The van der Waals surface area contributed by atoms with Crippen molar-refractivity contribution in [1.82, 2.24) is 4.98 Å². The standard InChI is InChI=1S/C15H15NO/c1-11(17)15(8-9-15)10-13-7-6-12-4-2-3-5-14(12)16-13/h2-7H,8-10H2,1H3. The number of hydrogen-bond acceptors (Lipinski definition) is 2. The van der Waals surface area contributed by atoms with Gasteiger partial charge >= 0.3 is 0 Å². The first-order valence-corrected chi connectivity index (χ1v) is 6.05. The molecule has 1 aromatic carbocycles. The fraction of sp³-hybridized carbons (Fsp3) is 0.333. The van der Waals surface area contributed by atoms with Gasteiger partial charge in [-0.05, 0) is 31.9 Å². The fourth-order valence-electron chi connectivity index (χ4n) is 2.36. The van der Waals surface area contributed by atoms with Crippen LogP contribution < -0.4 is 0 Å². The predicted molar refractivity (Wildman–Crippen MR) is 67.8 cm³/mol. The van der Waals surface area contributed by atoms with Gasteiger partial charge in [0, 0.05) is 22.9 Å². The summed E-state index contributed by atoms with van der Waals surface area (Å²) in [7, 11) is 0. The maximum Gasteiger partial charge on any atom is 0.136 e. The SMILES string of the molecule is CC(=O)C1(Cc2ccc3ccccc3n2)CC1. The van der Waals surface area contributed by atoms with Gasteiger partial charge in [0.25, 0.3) is 0 Å². The molecule has 0 saturated heterocycles. The lowest BCUT2D eigenvalue weighted by Gasteiger charge is -2.10. The molecule has 1 heterocycles. The van der Waals surface area contributed by atoms with Crippen molar-refractivity contribution < 1.29 is 4.79 Å². The zero-order valence-electron chi connectivity index (χ0n) is 9.94. The summed E-state index contributed by atoms with van der Waals surface area (Å²) >= 11 is 0. The van der Waals surface area contributed by atoms with Gasteiger partial charge in [0.05, 0.1) is 5.52 Å². The van der Waals surface area contributed by atoms with Crippen molar-refractivity contribution >= 4 is 16.7 Å². The van der Waals surface area contributed by atoms with Crippen LogP contribution in [0.1, 0.15) is 25.5 Å². The molecule has 1 aromatic heterocycles. The molecule has 0 radical (unpaired) electrons. The van der Waals surface area contributed by atoms with E-state index in [1.807, 2.05) is 24.3 Å². The van der Waals surface area contributed by atoms with Gasteiger partial charge in [-0.1, -0.05) is 24.3 Å². The van der Waals surface area contributed by atoms with E-state index < -0.39 is 0 Å². The summed E-state index contributed by atoms with van der Waals surface area (Å²) in [6, 6.07) is 12.2. The Kier molecular flexibility index (Phi) is 2.25. The number of benzene rings is 1. The number of Topliss-reactive ketones (excluding diaryl/α,β-unsaturated/α-hetero) is 1. The number of carbonyl (C=O) groups is 1. The van der Waals surface area contributed by atoms with E-state index >= 15 is 0 Å². The second-order valence-electron chi connectivity index (χ2n) is 5.01. The van der Waals surface area contributed by atoms with Crippen LogP contribution in [0.5, 0.6) is 0 Å². The molecule has 2 aromatic rings. The molecule has 0 bridgehead atoms. The lowest BCUT2D eigenvalue weighted by atomic mass is 9.95. The van der Waals surface area contributed by atoms with Crippen molar-refractivity contribution in [2.45, 2.75) is 26.2 Å². The highest BCUT2D eigenvalue weighted by molar-refractivity contribution is 5.85. The average Bonchev–Trinajstić information content (AvgIpc) is 3.10. The summed E-state index contributed by atoms with van der Waals surface area (Å²) in [5.41, 5.74) is 1.97. The topological polar surface area (TPSA) is 30.0 Å². The monoisotopic (exact) mass is 225 g/mol.